The van der Waals surface area contributed by atoms with Gasteiger partial charge in [-0.25, -0.2) is 0 Å². The standard InChI is InChI=1S/C14H20BrClN2O/c1-9-7-18(8-10(2)19-9)14(6-17)12-4-3-11(16)5-13(12)15/h3-5,9-10,14H,6-8,17H2,1-2H3. The molecule has 1 aliphatic heterocycles. The highest BCUT2D eigenvalue weighted by Gasteiger charge is 2.29. The van der Waals surface area contributed by atoms with Crippen LogP contribution in [0.15, 0.2) is 22.7 Å². The normalized spacial score (nSPS) is 26.4. The first-order valence-electron chi connectivity index (χ1n) is 6.55. The van der Waals surface area contributed by atoms with Crippen molar-refractivity contribution in [2.45, 2.75) is 32.1 Å². The van der Waals surface area contributed by atoms with E-state index in [2.05, 4.69) is 40.7 Å². The van der Waals surface area contributed by atoms with Crippen molar-refractivity contribution in [3.8, 4) is 0 Å². The van der Waals surface area contributed by atoms with Gasteiger partial charge in [0.05, 0.1) is 12.2 Å². The van der Waals surface area contributed by atoms with Crippen molar-refractivity contribution in [3.05, 3.63) is 33.3 Å². The minimum atomic E-state index is 0.195. The third kappa shape index (κ3) is 3.70. The summed E-state index contributed by atoms with van der Waals surface area (Å²) in [6, 6.07) is 6.08. The van der Waals surface area contributed by atoms with E-state index in [1.807, 2.05) is 12.1 Å². The maximum atomic E-state index is 6.00. The zero-order valence-corrected chi connectivity index (χ0v) is 13.6. The molecular formula is C14H20BrClN2O. The fourth-order valence-electron chi connectivity index (χ4n) is 2.72. The van der Waals surface area contributed by atoms with E-state index in [0.29, 0.717) is 6.54 Å². The molecule has 1 aromatic rings. The molecule has 19 heavy (non-hydrogen) atoms. The number of halogens is 2. The van der Waals surface area contributed by atoms with E-state index in [-0.39, 0.29) is 18.2 Å². The van der Waals surface area contributed by atoms with E-state index in [1.54, 1.807) is 0 Å². The number of morpholine rings is 1. The first-order chi connectivity index (χ1) is 9.01. The van der Waals surface area contributed by atoms with Gasteiger partial charge in [0.25, 0.3) is 0 Å². The van der Waals surface area contributed by atoms with Gasteiger partial charge in [0.1, 0.15) is 0 Å². The molecule has 0 amide bonds. The van der Waals surface area contributed by atoms with Crippen LogP contribution in [0.5, 0.6) is 0 Å². The highest BCUT2D eigenvalue weighted by atomic mass is 79.9. The van der Waals surface area contributed by atoms with Crippen molar-refractivity contribution < 1.29 is 4.74 Å². The summed E-state index contributed by atoms with van der Waals surface area (Å²) in [5.41, 5.74) is 7.19. The van der Waals surface area contributed by atoms with Crippen LogP contribution in [0, 0.1) is 0 Å². The topological polar surface area (TPSA) is 38.5 Å². The number of hydrogen-bond donors (Lipinski definition) is 1. The molecule has 3 nitrogen and oxygen atoms in total. The van der Waals surface area contributed by atoms with Gasteiger partial charge in [0.2, 0.25) is 0 Å². The molecule has 5 heteroatoms. The molecule has 1 saturated heterocycles. The average molecular weight is 348 g/mol. The lowest BCUT2D eigenvalue weighted by Crippen LogP contribution is -2.48. The van der Waals surface area contributed by atoms with E-state index >= 15 is 0 Å². The Hall–Kier alpha value is -0.130. The molecule has 106 valence electrons. The van der Waals surface area contributed by atoms with Crippen LogP contribution in [0.4, 0.5) is 0 Å². The molecule has 2 rings (SSSR count). The molecule has 0 radical (unpaired) electrons. The lowest BCUT2D eigenvalue weighted by Gasteiger charge is -2.40. The van der Waals surface area contributed by atoms with E-state index < -0.39 is 0 Å². The first kappa shape index (κ1) is 15.3. The lowest BCUT2D eigenvalue weighted by atomic mass is 10.0. The minimum Gasteiger partial charge on any atom is -0.373 e. The van der Waals surface area contributed by atoms with Gasteiger partial charge in [-0.1, -0.05) is 33.6 Å². The predicted molar refractivity (Wildman–Crippen MR) is 82.5 cm³/mol. The Morgan fingerprint density at radius 1 is 1.42 bits per heavy atom. The maximum absolute atomic E-state index is 6.00. The van der Waals surface area contributed by atoms with Crippen molar-refractivity contribution in [3.63, 3.8) is 0 Å². The molecule has 0 bridgehead atoms. The van der Waals surface area contributed by atoms with E-state index in [4.69, 9.17) is 22.1 Å². The second kappa shape index (κ2) is 6.55. The van der Waals surface area contributed by atoms with Crippen LogP contribution < -0.4 is 5.73 Å². The van der Waals surface area contributed by atoms with E-state index in [0.717, 1.165) is 22.6 Å². The van der Waals surface area contributed by atoms with Gasteiger partial charge in [-0.15, -0.1) is 0 Å². The smallest absolute Gasteiger partial charge is 0.0678 e. The van der Waals surface area contributed by atoms with Gasteiger partial charge >= 0.3 is 0 Å². The Kier molecular flexibility index (Phi) is 5.26. The minimum absolute atomic E-state index is 0.195. The van der Waals surface area contributed by atoms with Gasteiger partial charge in [0, 0.05) is 35.2 Å². The number of ether oxygens (including phenoxy) is 1. The van der Waals surface area contributed by atoms with Gasteiger partial charge < -0.3 is 10.5 Å². The number of hydrogen-bond acceptors (Lipinski definition) is 3. The quantitative estimate of drug-likeness (QED) is 0.912. The predicted octanol–water partition coefficient (Wildman–Crippen LogP) is 3.21. The summed E-state index contributed by atoms with van der Waals surface area (Å²) in [6.45, 7) is 6.60. The average Bonchev–Trinajstić information content (AvgIpc) is 2.31. The molecule has 3 unspecified atom stereocenters. The molecule has 0 saturated carbocycles. The van der Waals surface area contributed by atoms with Crippen LogP contribution in [0.25, 0.3) is 0 Å². The fourth-order valence-corrected chi connectivity index (χ4v) is 3.66. The number of benzene rings is 1. The van der Waals surface area contributed by atoms with Gasteiger partial charge in [0.15, 0.2) is 0 Å². The Morgan fingerprint density at radius 3 is 2.58 bits per heavy atom. The fraction of sp³-hybridized carbons (Fsp3) is 0.571. The largest absolute Gasteiger partial charge is 0.373 e. The zero-order chi connectivity index (χ0) is 14.0. The SMILES string of the molecule is CC1CN(C(CN)c2ccc(Cl)cc2Br)CC(C)O1. The summed E-state index contributed by atoms with van der Waals surface area (Å²) in [5, 5.41) is 0.732. The van der Waals surface area contributed by atoms with Crippen LogP contribution in [0.2, 0.25) is 5.02 Å². The first-order valence-corrected chi connectivity index (χ1v) is 7.73. The molecule has 1 heterocycles. The van der Waals surface area contributed by atoms with Crippen molar-refractivity contribution in [2.75, 3.05) is 19.6 Å². The Labute approximate surface area is 128 Å². The zero-order valence-electron chi connectivity index (χ0n) is 11.3. The van der Waals surface area contributed by atoms with Crippen LogP contribution in [0.3, 0.4) is 0 Å². The lowest BCUT2D eigenvalue weighted by molar-refractivity contribution is -0.0800. The monoisotopic (exact) mass is 346 g/mol. The summed E-state index contributed by atoms with van der Waals surface area (Å²) >= 11 is 9.59. The Morgan fingerprint density at radius 2 is 2.05 bits per heavy atom. The summed E-state index contributed by atoms with van der Waals surface area (Å²) in [6.07, 6.45) is 0.479. The van der Waals surface area contributed by atoms with Crippen LogP contribution in [-0.4, -0.2) is 36.7 Å². The molecule has 1 aromatic carbocycles. The number of nitrogens with zero attached hydrogens (tertiary/aromatic N) is 1. The highest BCUT2D eigenvalue weighted by Crippen LogP contribution is 2.31. The molecule has 0 aromatic heterocycles. The Balaban J connectivity index is 2.23. The van der Waals surface area contributed by atoms with E-state index in [1.165, 1.54) is 5.56 Å². The van der Waals surface area contributed by atoms with Crippen molar-refractivity contribution in [1.82, 2.24) is 4.90 Å². The third-order valence-electron chi connectivity index (χ3n) is 3.43. The van der Waals surface area contributed by atoms with Gasteiger partial charge in [-0.2, -0.15) is 0 Å². The highest BCUT2D eigenvalue weighted by molar-refractivity contribution is 9.10. The van der Waals surface area contributed by atoms with E-state index in [9.17, 15) is 0 Å². The van der Waals surface area contributed by atoms with Crippen molar-refractivity contribution in [2.24, 2.45) is 5.73 Å². The van der Waals surface area contributed by atoms with Crippen LogP contribution in [-0.2, 0) is 4.74 Å². The molecular weight excluding hydrogens is 328 g/mol. The summed E-state index contributed by atoms with van der Waals surface area (Å²) in [5.74, 6) is 0. The second-order valence-corrected chi connectivity index (χ2v) is 6.42. The summed E-state index contributed by atoms with van der Waals surface area (Å²) < 4.78 is 6.80. The van der Waals surface area contributed by atoms with Crippen LogP contribution in [0.1, 0.15) is 25.5 Å². The molecule has 3 atom stereocenters. The van der Waals surface area contributed by atoms with Gasteiger partial charge in [-0.3, -0.25) is 4.90 Å². The molecule has 0 aliphatic carbocycles. The second-order valence-electron chi connectivity index (χ2n) is 5.13. The molecule has 1 fully saturated rings. The summed E-state index contributed by atoms with van der Waals surface area (Å²) in [7, 11) is 0. The van der Waals surface area contributed by atoms with Gasteiger partial charge in [-0.05, 0) is 31.5 Å². The summed E-state index contributed by atoms with van der Waals surface area (Å²) in [4.78, 5) is 2.40. The molecule has 2 N–H and O–H groups in total. The number of rotatable bonds is 3. The molecule has 1 aliphatic rings. The van der Waals surface area contributed by atoms with Crippen LogP contribution >= 0.6 is 27.5 Å². The van der Waals surface area contributed by atoms with Crippen molar-refractivity contribution >= 4 is 27.5 Å². The Bertz CT molecular complexity index is 433. The number of nitrogens with two attached hydrogens (primary N) is 1. The molecule has 0 spiro atoms. The van der Waals surface area contributed by atoms with Crippen molar-refractivity contribution in [1.29, 1.82) is 0 Å². The maximum Gasteiger partial charge on any atom is 0.0678 e. The third-order valence-corrected chi connectivity index (χ3v) is 4.36.